The Morgan fingerprint density at radius 1 is 1.03 bits per heavy atom. The largest absolute Gasteiger partial charge is 0.356 e. The predicted octanol–water partition coefficient (Wildman–Crippen LogP) is 4.98. The zero-order chi connectivity index (χ0) is 25.1. The molecule has 0 aliphatic carbocycles. The molecule has 1 fully saturated rings. The van der Waals surface area contributed by atoms with E-state index >= 15 is 0 Å². The highest BCUT2D eigenvalue weighted by molar-refractivity contribution is 5.94. The van der Waals surface area contributed by atoms with E-state index in [0.29, 0.717) is 28.7 Å². The molecule has 4 aromatic rings. The number of carbonyl (C=O) groups is 1. The molecule has 1 saturated heterocycles. The van der Waals surface area contributed by atoms with Crippen LogP contribution in [0.25, 0.3) is 22.3 Å². The van der Waals surface area contributed by atoms with Crippen molar-refractivity contribution >= 4 is 22.6 Å². The molecule has 1 aliphatic rings. The number of carbonyl (C=O) groups excluding carboxylic acids is 1. The fraction of sp³-hybridized carbons (Fsp3) is 0.276. The first-order valence-corrected chi connectivity index (χ1v) is 12.2. The third-order valence-corrected chi connectivity index (χ3v) is 6.50. The first kappa shape index (κ1) is 23.4. The highest BCUT2D eigenvalue weighted by Crippen LogP contribution is 2.27. The summed E-state index contributed by atoms with van der Waals surface area (Å²) in [6.45, 7) is 6.90. The molecule has 7 nitrogen and oxygen atoms in total. The molecule has 1 amide bonds. The number of amides is 1. The standard InChI is InChI=1S/C29H28N6O/c1-19-11-20(2)18-35(17-19)28-8-4-7-25(34-28)26-10-9-23-15-31-24(13-27(23)33-26)16-32-29(36)22-6-3-5-21(12-22)14-30/h3-10,12-13,15,19-20H,11,16-18H2,1-2H3,(H,32,36)/t19-,20+. The molecular weight excluding hydrogens is 448 g/mol. The third-order valence-electron chi connectivity index (χ3n) is 6.50. The summed E-state index contributed by atoms with van der Waals surface area (Å²) >= 11 is 0. The summed E-state index contributed by atoms with van der Waals surface area (Å²) in [6, 6.07) is 20.7. The fourth-order valence-corrected chi connectivity index (χ4v) is 4.89. The molecule has 1 aromatic carbocycles. The predicted molar refractivity (Wildman–Crippen MR) is 140 cm³/mol. The number of nitriles is 1. The lowest BCUT2D eigenvalue weighted by Crippen LogP contribution is -2.39. The van der Waals surface area contributed by atoms with Gasteiger partial charge in [-0.1, -0.05) is 26.0 Å². The minimum Gasteiger partial charge on any atom is -0.356 e. The number of nitrogens with one attached hydrogen (secondary N) is 1. The maximum Gasteiger partial charge on any atom is 0.251 e. The first-order chi connectivity index (χ1) is 17.5. The molecule has 0 saturated carbocycles. The molecule has 2 atom stereocenters. The van der Waals surface area contributed by atoms with Gasteiger partial charge in [-0.15, -0.1) is 0 Å². The molecule has 0 spiro atoms. The van der Waals surface area contributed by atoms with Gasteiger partial charge in [-0.05, 0) is 66.8 Å². The first-order valence-electron chi connectivity index (χ1n) is 12.2. The van der Waals surface area contributed by atoms with Crippen molar-refractivity contribution in [3.63, 3.8) is 0 Å². The number of nitrogens with zero attached hydrogens (tertiary/aromatic N) is 5. The average Bonchev–Trinajstić information content (AvgIpc) is 2.90. The SMILES string of the molecule is C[C@@H]1C[C@H](C)CN(c2cccc(-c3ccc4cnc(CNC(=O)c5cccc(C#N)c5)cc4n3)n2)C1. The number of anilines is 1. The molecule has 0 unspecified atom stereocenters. The van der Waals surface area contributed by atoms with Crippen molar-refractivity contribution in [2.75, 3.05) is 18.0 Å². The van der Waals surface area contributed by atoms with Gasteiger partial charge >= 0.3 is 0 Å². The van der Waals surface area contributed by atoms with Gasteiger partial charge in [-0.2, -0.15) is 5.26 Å². The van der Waals surface area contributed by atoms with E-state index in [9.17, 15) is 4.79 Å². The minimum absolute atomic E-state index is 0.252. The van der Waals surface area contributed by atoms with Crippen LogP contribution in [0.3, 0.4) is 0 Å². The van der Waals surface area contributed by atoms with Crippen molar-refractivity contribution in [2.45, 2.75) is 26.8 Å². The molecule has 36 heavy (non-hydrogen) atoms. The molecule has 0 radical (unpaired) electrons. The number of hydrogen-bond donors (Lipinski definition) is 1. The Hall–Kier alpha value is -4.31. The van der Waals surface area contributed by atoms with Gasteiger partial charge in [0.25, 0.3) is 5.91 Å². The zero-order valence-corrected chi connectivity index (χ0v) is 20.5. The van der Waals surface area contributed by atoms with E-state index in [2.05, 4.69) is 41.2 Å². The van der Waals surface area contributed by atoms with Crippen LogP contribution in [-0.4, -0.2) is 33.9 Å². The van der Waals surface area contributed by atoms with Gasteiger partial charge in [-0.25, -0.2) is 9.97 Å². The maximum absolute atomic E-state index is 12.5. The van der Waals surface area contributed by atoms with Gasteiger partial charge < -0.3 is 10.2 Å². The van der Waals surface area contributed by atoms with Crippen molar-refractivity contribution in [1.82, 2.24) is 20.3 Å². The lowest BCUT2D eigenvalue weighted by molar-refractivity contribution is 0.0950. The van der Waals surface area contributed by atoms with Crippen LogP contribution < -0.4 is 10.2 Å². The van der Waals surface area contributed by atoms with Gasteiger partial charge in [0.05, 0.1) is 40.8 Å². The maximum atomic E-state index is 12.5. The second-order valence-electron chi connectivity index (χ2n) is 9.67. The van der Waals surface area contributed by atoms with Crippen LogP contribution in [-0.2, 0) is 6.54 Å². The Kier molecular flexibility index (Phi) is 6.59. The quantitative estimate of drug-likeness (QED) is 0.437. The Morgan fingerprint density at radius 3 is 2.61 bits per heavy atom. The summed E-state index contributed by atoms with van der Waals surface area (Å²) in [7, 11) is 0. The van der Waals surface area contributed by atoms with Crippen LogP contribution >= 0.6 is 0 Å². The number of aromatic nitrogens is 3. The summed E-state index contributed by atoms with van der Waals surface area (Å²) in [5, 5.41) is 12.8. The third kappa shape index (κ3) is 5.18. The highest BCUT2D eigenvalue weighted by Gasteiger charge is 2.23. The minimum atomic E-state index is -0.252. The van der Waals surface area contributed by atoms with Crippen LogP contribution in [0.1, 0.15) is 41.9 Å². The number of hydrogen-bond acceptors (Lipinski definition) is 6. The highest BCUT2D eigenvalue weighted by atomic mass is 16.1. The molecule has 1 aliphatic heterocycles. The monoisotopic (exact) mass is 476 g/mol. The van der Waals surface area contributed by atoms with Crippen LogP contribution in [0.4, 0.5) is 5.82 Å². The van der Waals surface area contributed by atoms with Crippen molar-refractivity contribution in [2.24, 2.45) is 11.8 Å². The van der Waals surface area contributed by atoms with Gasteiger partial charge in [-0.3, -0.25) is 9.78 Å². The van der Waals surface area contributed by atoms with E-state index in [0.717, 1.165) is 41.2 Å². The lowest BCUT2D eigenvalue weighted by atomic mass is 9.92. The Balaban J connectivity index is 1.34. The van der Waals surface area contributed by atoms with E-state index in [1.54, 1.807) is 30.5 Å². The van der Waals surface area contributed by atoms with Crippen molar-refractivity contribution in [3.8, 4) is 17.5 Å². The zero-order valence-electron chi connectivity index (χ0n) is 20.5. The summed E-state index contributed by atoms with van der Waals surface area (Å²) in [5.74, 6) is 2.05. The molecule has 4 heterocycles. The van der Waals surface area contributed by atoms with E-state index < -0.39 is 0 Å². The van der Waals surface area contributed by atoms with Crippen LogP contribution in [0.2, 0.25) is 0 Å². The summed E-state index contributed by atoms with van der Waals surface area (Å²) < 4.78 is 0. The van der Waals surface area contributed by atoms with Crippen molar-refractivity contribution in [1.29, 1.82) is 5.26 Å². The van der Waals surface area contributed by atoms with Crippen LogP contribution in [0, 0.1) is 23.2 Å². The number of benzene rings is 1. The topological polar surface area (TPSA) is 94.8 Å². The second kappa shape index (κ2) is 10.1. The van der Waals surface area contributed by atoms with Crippen LogP contribution in [0.15, 0.2) is 66.9 Å². The number of pyridine rings is 3. The number of fused-ring (bicyclic) bond motifs is 1. The normalized spacial score (nSPS) is 17.5. The van der Waals surface area contributed by atoms with E-state index in [1.807, 2.05) is 30.3 Å². The van der Waals surface area contributed by atoms with Gasteiger partial charge in [0, 0.05) is 30.2 Å². The van der Waals surface area contributed by atoms with Gasteiger partial charge in [0.15, 0.2) is 0 Å². The Morgan fingerprint density at radius 2 is 1.81 bits per heavy atom. The van der Waals surface area contributed by atoms with Gasteiger partial charge in [0.2, 0.25) is 0 Å². The number of piperidine rings is 1. The van der Waals surface area contributed by atoms with E-state index in [4.69, 9.17) is 15.2 Å². The average molecular weight is 477 g/mol. The summed E-state index contributed by atoms with van der Waals surface area (Å²) in [5.41, 5.74) is 4.03. The van der Waals surface area contributed by atoms with Crippen LogP contribution in [0.5, 0.6) is 0 Å². The summed E-state index contributed by atoms with van der Waals surface area (Å²) in [4.78, 5) is 29.2. The van der Waals surface area contributed by atoms with Crippen molar-refractivity contribution < 1.29 is 4.79 Å². The molecule has 5 rings (SSSR count). The fourth-order valence-electron chi connectivity index (χ4n) is 4.89. The van der Waals surface area contributed by atoms with Gasteiger partial charge in [0.1, 0.15) is 5.82 Å². The molecule has 1 N–H and O–H groups in total. The second-order valence-corrected chi connectivity index (χ2v) is 9.67. The molecular formula is C29H28N6O. The molecule has 7 heteroatoms. The summed E-state index contributed by atoms with van der Waals surface area (Å²) in [6.07, 6.45) is 3.02. The molecule has 0 bridgehead atoms. The van der Waals surface area contributed by atoms with E-state index in [1.165, 1.54) is 6.42 Å². The van der Waals surface area contributed by atoms with Crippen molar-refractivity contribution in [3.05, 3.63) is 83.7 Å². The Bertz CT molecular complexity index is 1450. The lowest BCUT2D eigenvalue weighted by Gasteiger charge is -2.35. The van der Waals surface area contributed by atoms with E-state index in [-0.39, 0.29) is 12.5 Å². The smallest absolute Gasteiger partial charge is 0.251 e. The molecule has 180 valence electrons. The number of rotatable bonds is 5. The Labute approximate surface area is 210 Å². The molecule has 3 aromatic heterocycles.